The molecule has 0 amide bonds. The molecule has 110 valence electrons. The number of pyridine rings is 1. The normalized spacial score (nSPS) is 14.8. The lowest BCUT2D eigenvalue weighted by molar-refractivity contribution is 0.738. The summed E-state index contributed by atoms with van der Waals surface area (Å²) in [6.45, 7) is 2.18. The van der Waals surface area contributed by atoms with E-state index in [1.807, 2.05) is 0 Å². The average Bonchev–Trinajstić information content (AvgIpc) is 3.14. The van der Waals surface area contributed by atoms with Crippen LogP contribution in [0.1, 0.15) is 41.1 Å². The second kappa shape index (κ2) is 5.73. The lowest BCUT2D eigenvalue weighted by atomic mass is 10.1. The Morgan fingerprint density at radius 3 is 2.95 bits per heavy atom. The summed E-state index contributed by atoms with van der Waals surface area (Å²) < 4.78 is 0. The first kappa shape index (κ1) is 14.5. The van der Waals surface area contributed by atoms with Gasteiger partial charge in [0.25, 0.3) is 0 Å². The third-order valence-corrected chi connectivity index (χ3v) is 5.43. The Bertz CT molecular complexity index is 664. The van der Waals surface area contributed by atoms with Crippen LogP contribution < -0.4 is 10.6 Å². The van der Waals surface area contributed by atoms with Crippen LogP contribution in [0.4, 0.5) is 5.82 Å². The Hall–Kier alpha value is -1.46. The van der Waals surface area contributed by atoms with E-state index in [9.17, 15) is 0 Å². The number of nitrogens with zero attached hydrogens (tertiary/aromatic N) is 2. The zero-order chi connectivity index (χ0) is 15.0. The first-order valence-electron chi connectivity index (χ1n) is 7.16. The van der Waals surface area contributed by atoms with Crippen molar-refractivity contribution in [3.63, 3.8) is 0 Å². The smallest absolute Gasteiger partial charge is 0.139 e. The van der Waals surface area contributed by atoms with Crippen molar-refractivity contribution in [2.45, 2.75) is 32.2 Å². The third-order valence-electron chi connectivity index (χ3n) is 4.17. The number of fused-ring (bicyclic) bond motifs is 1. The third kappa shape index (κ3) is 2.68. The van der Waals surface area contributed by atoms with Gasteiger partial charge in [0.2, 0.25) is 0 Å². The van der Waals surface area contributed by atoms with Gasteiger partial charge >= 0.3 is 0 Å². The molecule has 1 unspecified atom stereocenters. The molecule has 3 rings (SSSR count). The summed E-state index contributed by atoms with van der Waals surface area (Å²) in [5.41, 5.74) is 9.34. The number of hydrogen-bond acceptors (Lipinski definition) is 4. The van der Waals surface area contributed by atoms with Crippen molar-refractivity contribution in [3.8, 4) is 0 Å². The van der Waals surface area contributed by atoms with Crippen molar-refractivity contribution < 1.29 is 0 Å². The molecule has 1 aliphatic carbocycles. The van der Waals surface area contributed by atoms with Gasteiger partial charge in [0, 0.05) is 17.6 Å². The summed E-state index contributed by atoms with van der Waals surface area (Å²) in [5, 5.41) is 2.10. The zero-order valence-electron chi connectivity index (χ0n) is 12.3. The molecule has 0 aliphatic heterocycles. The maximum atomic E-state index is 5.93. The van der Waals surface area contributed by atoms with Crippen LogP contribution in [0.15, 0.2) is 23.6 Å². The molecule has 21 heavy (non-hydrogen) atoms. The Morgan fingerprint density at radius 1 is 1.48 bits per heavy atom. The van der Waals surface area contributed by atoms with E-state index in [-0.39, 0.29) is 6.04 Å². The van der Waals surface area contributed by atoms with Crippen molar-refractivity contribution >= 4 is 34.4 Å². The van der Waals surface area contributed by atoms with E-state index in [0.717, 1.165) is 24.2 Å². The number of thiocarbonyl (C=S) groups is 1. The van der Waals surface area contributed by atoms with Gasteiger partial charge in [-0.3, -0.25) is 0 Å². The van der Waals surface area contributed by atoms with Crippen LogP contribution >= 0.6 is 23.6 Å². The molecule has 0 saturated carbocycles. The van der Waals surface area contributed by atoms with Crippen molar-refractivity contribution in [1.82, 2.24) is 4.98 Å². The highest BCUT2D eigenvalue weighted by atomic mass is 32.1. The topological polar surface area (TPSA) is 42.2 Å². The van der Waals surface area contributed by atoms with Crippen LogP contribution in [0.3, 0.4) is 0 Å². The predicted molar refractivity (Wildman–Crippen MR) is 93.3 cm³/mol. The minimum atomic E-state index is 0.255. The number of nitrogens with two attached hydrogens (primary N) is 1. The maximum Gasteiger partial charge on any atom is 0.139 e. The fourth-order valence-corrected chi connectivity index (χ4v) is 3.79. The number of aromatic nitrogens is 1. The molecule has 0 bridgehead atoms. The molecule has 0 saturated heterocycles. The summed E-state index contributed by atoms with van der Waals surface area (Å²) in [6.07, 6.45) is 3.32. The Kier molecular flexibility index (Phi) is 3.95. The van der Waals surface area contributed by atoms with Crippen LogP contribution in [-0.2, 0) is 12.8 Å². The molecule has 2 heterocycles. The lowest BCUT2D eigenvalue weighted by Crippen LogP contribution is -2.26. The van der Waals surface area contributed by atoms with Gasteiger partial charge in [-0.05, 0) is 49.3 Å². The highest BCUT2D eigenvalue weighted by Gasteiger charge is 2.22. The Labute approximate surface area is 134 Å². The highest BCUT2D eigenvalue weighted by molar-refractivity contribution is 7.80. The van der Waals surface area contributed by atoms with Crippen LogP contribution in [-0.4, -0.2) is 17.0 Å². The lowest BCUT2D eigenvalue weighted by Gasteiger charge is -2.27. The monoisotopic (exact) mass is 317 g/mol. The minimum Gasteiger partial charge on any atom is -0.389 e. The highest BCUT2D eigenvalue weighted by Crippen LogP contribution is 2.32. The molecule has 2 aromatic rings. The van der Waals surface area contributed by atoms with Gasteiger partial charge in [0.05, 0.1) is 11.6 Å². The van der Waals surface area contributed by atoms with Crippen molar-refractivity contribution in [2.24, 2.45) is 5.73 Å². The average molecular weight is 317 g/mol. The van der Waals surface area contributed by atoms with Gasteiger partial charge < -0.3 is 10.6 Å². The quantitative estimate of drug-likeness (QED) is 0.877. The molecule has 3 nitrogen and oxygen atoms in total. The molecule has 1 aliphatic rings. The standard InChI is InChI=1S/C16H19N3S2/c1-10(14-7-4-8-21-14)19(2)16-12(15(17)20)9-11-5-3-6-13(11)18-16/h4,7-10H,3,5-6H2,1-2H3,(H2,17,20). The fourth-order valence-electron chi connectivity index (χ4n) is 2.81. The number of rotatable bonds is 4. The number of hydrogen-bond donors (Lipinski definition) is 1. The van der Waals surface area contributed by atoms with Crippen LogP contribution in [0.2, 0.25) is 0 Å². The summed E-state index contributed by atoms with van der Waals surface area (Å²) in [5.74, 6) is 0.907. The van der Waals surface area contributed by atoms with Crippen molar-refractivity contribution in [1.29, 1.82) is 0 Å². The van der Waals surface area contributed by atoms with Gasteiger partial charge in [-0.15, -0.1) is 11.3 Å². The fraction of sp³-hybridized carbons (Fsp3) is 0.375. The summed E-state index contributed by atoms with van der Waals surface area (Å²) in [7, 11) is 2.07. The molecule has 2 aromatic heterocycles. The predicted octanol–water partition coefficient (Wildman–Crippen LogP) is 3.46. The Morgan fingerprint density at radius 2 is 2.29 bits per heavy atom. The van der Waals surface area contributed by atoms with Crippen molar-refractivity contribution in [2.75, 3.05) is 11.9 Å². The second-order valence-corrected chi connectivity index (χ2v) is 6.90. The zero-order valence-corrected chi connectivity index (χ0v) is 13.9. The molecule has 0 fully saturated rings. The molecular formula is C16H19N3S2. The Balaban J connectivity index is 2.02. The molecule has 5 heteroatoms. The first-order chi connectivity index (χ1) is 10.1. The van der Waals surface area contributed by atoms with Gasteiger partial charge in [-0.2, -0.15) is 0 Å². The summed E-state index contributed by atoms with van der Waals surface area (Å²) in [4.78, 5) is 8.79. The SMILES string of the molecule is CC(c1cccs1)N(C)c1nc2c(cc1C(N)=S)CCC2. The minimum absolute atomic E-state index is 0.255. The van der Waals surface area contributed by atoms with Crippen molar-refractivity contribution in [3.05, 3.63) is 45.3 Å². The van der Waals surface area contributed by atoms with Gasteiger partial charge in [0.1, 0.15) is 10.8 Å². The van der Waals surface area contributed by atoms with E-state index in [1.54, 1.807) is 11.3 Å². The van der Waals surface area contributed by atoms with Crippen LogP contribution in [0, 0.1) is 0 Å². The van der Waals surface area contributed by atoms with E-state index in [0.29, 0.717) is 4.99 Å². The number of aryl methyl sites for hydroxylation is 2. The largest absolute Gasteiger partial charge is 0.389 e. The maximum absolute atomic E-state index is 5.93. The second-order valence-electron chi connectivity index (χ2n) is 5.49. The van der Waals surface area contributed by atoms with Gasteiger partial charge in [-0.25, -0.2) is 4.98 Å². The first-order valence-corrected chi connectivity index (χ1v) is 8.45. The van der Waals surface area contributed by atoms with E-state index < -0.39 is 0 Å². The van der Waals surface area contributed by atoms with Gasteiger partial charge in [-0.1, -0.05) is 18.3 Å². The number of thiophene rings is 1. The molecule has 0 aromatic carbocycles. The molecule has 1 atom stereocenters. The number of anilines is 1. The van der Waals surface area contributed by atoms with Gasteiger partial charge in [0.15, 0.2) is 0 Å². The molecular weight excluding hydrogens is 298 g/mol. The molecule has 2 N–H and O–H groups in total. The van der Waals surface area contributed by atoms with Crippen LogP contribution in [0.5, 0.6) is 0 Å². The molecule has 0 radical (unpaired) electrons. The van der Waals surface area contributed by atoms with E-state index >= 15 is 0 Å². The molecule has 0 spiro atoms. The van der Waals surface area contributed by atoms with E-state index in [1.165, 1.54) is 22.6 Å². The summed E-state index contributed by atoms with van der Waals surface area (Å²) in [6, 6.07) is 6.63. The van der Waals surface area contributed by atoms with E-state index in [4.69, 9.17) is 22.9 Å². The van der Waals surface area contributed by atoms with E-state index in [2.05, 4.69) is 42.5 Å². The summed E-state index contributed by atoms with van der Waals surface area (Å²) >= 11 is 7.00. The van der Waals surface area contributed by atoms with Crippen LogP contribution in [0.25, 0.3) is 0 Å².